The van der Waals surface area contributed by atoms with Crippen molar-refractivity contribution < 1.29 is 19.1 Å². The van der Waals surface area contributed by atoms with Crippen molar-refractivity contribution in [2.45, 2.75) is 51.1 Å². The minimum Gasteiger partial charge on any atom is -0.324 e. The largest absolute Gasteiger partial charge is 0.335 e. The average molecular weight is 298 g/mol. The van der Waals surface area contributed by atoms with Crippen LogP contribution in [0.5, 0.6) is 0 Å². The minimum atomic E-state index is -4.28. The summed E-state index contributed by atoms with van der Waals surface area (Å²) in [5, 5.41) is 0. The average Bonchev–Trinajstić information content (AvgIpc) is 2.37. The number of carbonyl (C=O) groups is 1. The quantitative estimate of drug-likeness (QED) is 0.542. The fourth-order valence-electron chi connectivity index (χ4n) is 2.27. The summed E-state index contributed by atoms with van der Waals surface area (Å²) < 4.78 is 11.2. The van der Waals surface area contributed by atoms with Crippen molar-refractivity contribution in [1.29, 1.82) is 0 Å². The lowest BCUT2D eigenvalue weighted by Gasteiger charge is -2.14. The van der Waals surface area contributed by atoms with Gasteiger partial charge in [0.25, 0.3) is 0 Å². The monoisotopic (exact) mass is 298 g/mol. The van der Waals surface area contributed by atoms with Gasteiger partial charge >= 0.3 is 7.60 Å². The van der Waals surface area contributed by atoms with E-state index in [2.05, 4.69) is 12.1 Å². The smallest absolute Gasteiger partial charge is 0.324 e. The molecule has 1 aromatic rings. The van der Waals surface area contributed by atoms with Gasteiger partial charge in [0.15, 0.2) is 0 Å². The van der Waals surface area contributed by atoms with E-state index in [1.807, 2.05) is 18.2 Å². The van der Waals surface area contributed by atoms with Crippen LogP contribution in [-0.2, 0) is 15.8 Å². The zero-order valence-corrected chi connectivity index (χ0v) is 12.8. The Balaban J connectivity index is 2.18. The number of ketones is 1. The molecule has 0 saturated carbocycles. The molecule has 4 nitrogen and oxygen atoms in total. The Morgan fingerprint density at radius 3 is 2.25 bits per heavy atom. The summed E-state index contributed by atoms with van der Waals surface area (Å²) in [6, 6.07) is 10.2. The molecule has 0 saturated heterocycles. The molecule has 20 heavy (non-hydrogen) atoms. The van der Waals surface area contributed by atoms with E-state index in [0.717, 1.165) is 25.7 Å². The minimum absolute atomic E-state index is 0.283. The molecule has 0 heterocycles. The van der Waals surface area contributed by atoms with Crippen LogP contribution < -0.4 is 0 Å². The zero-order chi connectivity index (χ0) is 15.0. The highest BCUT2D eigenvalue weighted by molar-refractivity contribution is 7.53. The van der Waals surface area contributed by atoms with E-state index in [1.165, 1.54) is 12.5 Å². The number of rotatable bonds is 9. The Labute approximate surface area is 120 Å². The maximum atomic E-state index is 11.2. The lowest BCUT2D eigenvalue weighted by molar-refractivity contribution is -0.117. The lowest BCUT2D eigenvalue weighted by Crippen LogP contribution is -2.17. The molecular weight excluding hydrogens is 275 g/mol. The molecule has 0 spiro atoms. The van der Waals surface area contributed by atoms with Crippen LogP contribution in [0.2, 0.25) is 0 Å². The molecule has 0 aliphatic rings. The van der Waals surface area contributed by atoms with Gasteiger partial charge in [-0.2, -0.15) is 0 Å². The standard InChI is InChI=1S/C15H23O4P/c1-13(16)15(20(17,18)19)12-8-3-2-5-9-14-10-6-4-7-11-14/h4,6-7,10-11,15H,2-3,5,8-9,12H2,1H3,(H2,17,18,19). The molecule has 2 N–H and O–H groups in total. The van der Waals surface area contributed by atoms with Crippen LogP contribution in [0.3, 0.4) is 0 Å². The van der Waals surface area contributed by atoms with E-state index in [-0.39, 0.29) is 6.42 Å². The predicted molar refractivity (Wildman–Crippen MR) is 79.7 cm³/mol. The Morgan fingerprint density at radius 2 is 1.70 bits per heavy atom. The summed E-state index contributed by atoms with van der Waals surface area (Å²) in [7, 11) is -4.28. The number of Topliss-reactive ketones (excluding diaryl/α,β-unsaturated/α-hetero) is 1. The van der Waals surface area contributed by atoms with E-state index in [0.29, 0.717) is 6.42 Å². The second kappa shape index (κ2) is 8.35. The van der Waals surface area contributed by atoms with Crippen molar-refractivity contribution in [3.8, 4) is 0 Å². The number of hydrogen-bond acceptors (Lipinski definition) is 2. The van der Waals surface area contributed by atoms with E-state index in [4.69, 9.17) is 9.79 Å². The van der Waals surface area contributed by atoms with Crippen LogP contribution in [0.4, 0.5) is 0 Å². The number of aryl methyl sites for hydroxylation is 1. The molecule has 0 fully saturated rings. The molecule has 0 aromatic heterocycles. The molecule has 0 bridgehead atoms. The predicted octanol–water partition coefficient (Wildman–Crippen LogP) is 3.31. The number of unbranched alkanes of at least 4 members (excludes halogenated alkanes) is 3. The Hall–Kier alpha value is -0.960. The van der Waals surface area contributed by atoms with Crippen LogP contribution in [-0.4, -0.2) is 21.2 Å². The summed E-state index contributed by atoms with van der Waals surface area (Å²) in [6.07, 6.45) is 4.96. The molecule has 0 aliphatic carbocycles. The van der Waals surface area contributed by atoms with Crippen LogP contribution >= 0.6 is 7.60 Å². The van der Waals surface area contributed by atoms with E-state index in [1.54, 1.807) is 0 Å². The van der Waals surface area contributed by atoms with Crippen LogP contribution in [0, 0.1) is 0 Å². The third-order valence-electron chi connectivity index (χ3n) is 3.41. The fourth-order valence-corrected chi connectivity index (χ4v) is 3.27. The Kier molecular flexibility index (Phi) is 7.14. The molecular formula is C15H23O4P. The first-order chi connectivity index (χ1) is 9.41. The zero-order valence-electron chi connectivity index (χ0n) is 11.9. The summed E-state index contributed by atoms with van der Waals surface area (Å²) >= 11 is 0. The molecule has 0 radical (unpaired) electrons. The van der Waals surface area contributed by atoms with Crippen molar-refractivity contribution in [3.05, 3.63) is 35.9 Å². The third-order valence-corrected chi connectivity index (χ3v) is 4.84. The van der Waals surface area contributed by atoms with Gasteiger partial charge in [-0.1, -0.05) is 49.6 Å². The van der Waals surface area contributed by atoms with Gasteiger partial charge in [-0.05, 0) is 31.7 Å². The van der Waals surface area contributed by atoms with Crippen molar-refractivity contribution in [2.75, 3.05) is 0 Å². The molecule has 112 valence electrons. The highest BCUT2D eigenvalue weighted by atomic mass is 31.2. The van der Waals surface area contributed by atoms with Crippen molar-refractivity contribution in [2.24, 2.45) is 0 Å². The first kappa shape index (κ1) is 17.1. The Bertz CT molecular complexity index is 452. The van der Waals surface area contributed by atoms with Gasteiger partial charge in [-0.25, -0.2) is 0 Å². The highest BCUT2D eigenvalue weighted by Crippen LogP contribution is 2.44. The first-order valence-corrected chi connectivity index (χ1v) is 8.69. The normalized spacial score (nSPS) is 13.2. The topological polar surface area (TPSA) is 74.6 Å². The van der Waals surface area contributed by atoms with Crippen molar-refractivity contribution >= 4 is 13.4 Å². The first-order valence-electron chi connectivity index (χ1n) is 7.01. The summed E-state index contributed by atoms with van der Waals surface area (Å²) in [5.41, 5.74) is 0.195. The van der Waals surface area contributed by atoms with Crippen LogP contribution in [0.25, 0.3) is 0 Å². The number of carbonyl (C=O) groups excluding carboxylic acids is 1. The molecule has 0 amide bonds. The van der Waals surface area contributed by atoms with Crippen LogP contribution in [0.15, 0.2) is 30.3 Å². The van der Waals surface area contributed by atoms with E-state index < -0.39 is 19.0 Å². The van der Waals surface area contributed by atoms with Gasteiger partial charge in [0.2, 0.25) is 0 Å². The molecule has 1 rings (SSSR count). The van der Waals surface area contributed by atoms with Gasteiger partial charge in [-0.15, -0.1) is 0 Å². The second-order valence-corrected chi connectivity index (χ2v) is 6.96. The van der Waals surface area contributed by atoms with Crippen molar-refractivity contribution in [1.82, 2.24) is 0 Å². The molecule has 5 heteroatoms. The summed E-state index contributed by atoms with van der Waals surface area (Å²) in [5.74, 6) is -0.414. The van der Waals surface area contributed by atoms with E-state index >= 15 is 0 Å². The molecule has 1 aromatic carbocycles. The fraction of sp³-hybridized carbons (Fsp3) is 0.533. The van der Waals surface area contributed by atoms with Gasteiger partial charge in [-0.3, -0.25) is 9.36 Å². The maximum absolute atomic E-state index is 11.2. The van der Waals surface area contributed by atoms with Crippen molar-refractivity contribution in [3.63, 3.8) is 0 Å². The highest BCUT2D eigenvalue weighted by Gasteiger charge is 2.31. The second-order valence-electron chi connectivity index (χ2n) is 5.15. The number of hydrogen-bond donors (Lipinski definition) is 2. The van der Waals surface area contributed by atoms with Crippen LogP contribution in [0.1, 0.15) is 44.6 Å². The molecule has 1 unspecified atom stereocenters. The molecule has 1 atom stereocenters. The summed E-state index contributed by atoms with van der Waals surface area (Å²) in [6.45, 7) is 1.25. The van der Waals surface area contributed by atoms with Gasteiger partial charge < -0.3 is 9.79 Å². The van der Waals surface area contributed by atoms with Gasteiger partial charge in [0.1, 0.15) is 11.4 Å². The lowest BCUT2D eigenvalue weighted by atomic mass is 10.0. The number of benzene rings is 1. The van der Waals surface area contributed by atoms with Gasteiger partial charge in [0, 0.05) is 0 Å². The van der Waals surface area contributed by atoms with Gasteiger partial charge in [0.05, 0.1) is 0 Å². The molecule has 0 aliphatic heterocycles. The third kappa shape index (κ3) is 6.47. The maximum Gasteiger partial charge on any atom is 0.335 e. The van der Waals surface area contributed by atoms with E-state index in [9.17, 15) is 9.36 Å². The summed E-state index contributed by atoms with van der Waals surface area (Å²) in [4.78, 5) is 29.4. The Morgan fingerprint density at radius 1 is 1.10 bits per heavy atom. The SMILES string of the molecule is CC(=O)C(CCCCCCc1ccccc1)P(=O)(O)O.